The molecule has 0 aliphatic rings. The molecule has 26 heavy (non-hydrogen) atoms. The molecular weight excluding hydrogens is 334 g/mol. The molecule has 0 atom stereocenters. The molecule has 0 unspecified atom stereocenters. The van der Waals surface area contributed by atoms with Crippen molar-refractivity contribution < 1.29 is 4.92 Å². The van der Waals surface area contributed by atoms with E-state index in [2.05, 4.69) is 15.3 Å². The highest BCUT2D eigenvalue weighted by Gasteiger charge is 2.17. The maximum absolute atomic E-state index is 12.3. The summed E-state index contributed by atoms with van der Waals surface area (Å²) in [6.45, 7) is 1.86. The molecule has 0 fully saturated rings. The monoisotopic (exact) mass is 349 g/mol. The molecule has 3 N–H and O–H groups in total. The smallest absolute Gasteiger partial charge is 0.332 e. The highest BCUT2D eigenvalue weighted by Crippen LogP contribution is 2.26. The number of hydrogen-bond donors (Lipinski definition) is 3. The Kier molecular flexibility index (Phi) is 4.57. The van der Waals surface area contributed by atoms with Gasteiger partial charge in [-0.3, -0.25) is 14.9 Å². The number of nitrogens with one attached hydrogen (secondary N) is 3. The van der Waals surface area contributed by atoms with Crippen LogP contribution in [-0.2, 0) is 0 Å². The van der Waals surface area contributed by atoms with Gasteiger partial charge < -0.3 is 15.7 Å². The lowest BCUT2D eigenvalue weighted by Crippen LogP contribution is -2.11. The van der Waals surface area contributed by atoms with Gasteiger partial charge in [-0.15, -0.1) is 0 Å². The first kappa shape index (κ1) is 17.0. The quantitative estimate of drug-likeness (QED) is 0.370. The standard InChI is InChI=1S/C18H15N5O3/c1-11-3-2-4-17(21-11)22-15-7-12(5-6-13(15)8-19)14-9-20-10-16(18(14)24)23(25)26/h2-10,19H,1H3,(H,20,24)(H,21,22). The average molecular weight is 349 g/mol. The number of hydrogen-bond acceptors (Lipinski definition) is 6. The first-order chi connectivity index (χ1) is 12.5. The lowest BCUT2D eigenvalue weighted by Gasteiger charge is -2.11. The molecule has 8 heteroatoms. The summed E-state index contributed by atoms with van der Waals surface area (Å²) in [7, 11) is 0. The maximum atomic E-state index is 12.3. The van der Waals surface area contributed by atoms with Crippen LogP contribution < -0.4 is 10.7 Å². The van der Waals surface area contributed by atoms with Crippen LogP contribution in [-0.4, -0.2) is 21.1 Å². The third kappa shape index (κ3) is 3.34. The Balaban J connectivity index is 2.09. The van der Waals surface area contributed by atoms with Crippen molar-refractivity contribution in [3.8, 4) is 11.1 Å². The van der Waals surface area contributed by atoms with Crippen molar-refractivity contribution >= 4 is 23.4 Å². The third-order valence-electron chi connectivity index (χ3n) is 3.79. The van der Waals surface area contributed by atoms with Crippen molar-refractivity contribution in [1.29, 1.82) is 5.41 Å². The van der Waals surface area contributed by atoms with E-state index in [1.807, 2.05) is 19.1 Å². The van der Waals surface area contributed by atoms with E-state index in [1.165, 1.54) is 12.4 Å². The topological polar surface area (TPSA) is 125 Å². The Morgan fingerprint density at radius 3 is 2.77 bits per heavy atom. The van der Waals surface area contributed by atoms with Gasteiger partial charge in [0.15, 0.2) is 0 Å². The number of aromatic nitrogens is 2. The second-order valence-electron chi connectivity index (χ2n) is 5.58. The van der Waals surface area contributed by atoms with Gasteiger partial charge in [-0.25, -0.2) is 4.98 Å². The first-order valence-electron chi connectivity index (χ1n) is 7.70. The number of anilines is 2. The fourth-order valence-electron chi connectivity index (χ4n) is 2.53. The molecular formula is C18H15N5O3. The van der Waals surface area contributed by atoms with Crippen LogP contribution in [0.1, 0.15) is 11.3 Å². The van der Waals surface area contributed by atoms with Crippen LogP contribution in [0.25, 0.3) is 11.1 Å². The molecule has 1 aromatic carbocycles. The molecule has 0 aliphatic heterocycles. The molecule has 0 aliphatic carbocycles. The van der Waals surface area contributed by atoms with Crippen molar-refractivity contribution in [2.45, 2.75) is 6.92 Å². The van der Waals surface area contributed by atoms with Crippen molar-refractivity contribution in [3.63, 3.8) is 0 Å². The summed E-state index contributed by atoms with van der Waals surface area (Å²) < 4.78 is 0. The fourth-order valence-corrected chi connectivity index (χ4v) is 2.53. The lowest BCUT2D eigenvalue weighted by atomic mass is 10.0. The third-order valence-corrected chi connectivity index (χ3v) is 3.79. The van der Waals surface area contributed by atoms with Crippen molar-refractivity contribution in [2.24, 2.45) is 0 Å². The summed E-state index contributed by atoms with van der Waals surface area (Å²) in [5.74, 6) is 0.596. The zero-order valence-corrected chi connectivity index (χ0v) is 13.8. The number of benzene rings is 1. The molecule has 3 rings (SSSR count). The molecule has 0 spiro atoms. The van der Waals surface area contributed by atoms with Crippen LogP contribution in [0.4, 0.5) is 17.2 Å². The van der Waals surface area contributed by atoms with Crippen molar-refractivity contribution in [1.82, 2.24) is 9.97 Å². The molecule has 0 saturated heterocycles. The Labute approximate surface area is 148 Å². The van der Waals surface area contributed by atoms with Gasteiger partial charge >= 0.3 is 5.69 Å². The van der Waals surface area contributed by atoms with Crippen LogP contribution in [0.5, 0.6) is 0 Å². The van der Waals surface area contributed by atoms with Crippen LogP contribution in [0.2, 0.25) is 0 Å². The second-order valence-corrected chi connectivity index (χ2v) is 5.58. The van der Waals surface area contributed by atoms with E-state index in [0.717, 1.165) is 11.9 Å². The van der Waals surface area contributed by atoms with Gasteiger partial charge in [0.05, 0.1) is 16.7 Å². The number of nitro groups is 1. The van der Waals surface area contributed by atoms with Crippen LogP contribution in [0, 0.1) is 22.4 Å². The maximum Gasteiger partial charge on any atom is 0.332 e. The molecule has 2 aromatic heterocycles. The van der Waals surface area contributed by atoms with Gasteiger partial charge in [0.1, 0.15) is 5.82 Å². The zero-order valence-electron chi connectivity index (χ0n) is 13.8. The fraction of sp³-hybridized carbons (Fsp3) is 0.0556. The van der Waals surface area contributed by atoms with Gasteiger partial charge in [-0.1, -0.05) is 18.2 Å². The number of aromatic amines is 1. The molecule has 0 amide bonds. The minimum Gasteiger partial charge on any atom is -0.361 e. The molecule has 0 bridgehead atoms. The van der Waals surface area contributed by atoms with Crippen LogP contribution in [0.3, 0.4) is 0 Å². The van der Waals surface area contributed by atoms with Gasteiger partial charge in [-0.05, 0) is 30.7 Å². The Morgan fingerprint density at radius 2 is 2.08 bits per heavy atom. The van der Waals surface area contributed by atoms with Crippen LogP contribution in [0.15, 0.2) is 53.6 Å². The molecule has 3 aromatic rings. The van der Waals surface area contributed by atoms with E-state index in [1.54, 1.807) is 24.3 Å². The van der Waals surface area contributed by atoms with Crippen molar-refractivity contribution in [3.05, 3.63) is 80.4 Å². The van der Waals surface area contributed by atoms with E-state index in [0.29, 0.717) is 22.6 Å². The molecule has 0 saturated carbocycles. The number of aryl methyl sites for hydroxylation is 1. The van der Waals surface area contributed by atoms with Gasteiger partial charge in [0, 0.05) is 29.4 Å². The molecule has 2 heterocycles. The summed E-state index contributed by atoms with van der Waals surface area (Å²) in [5, 5.41) is 21.7. The summed E-state index contributed by atoms with van der Waals surface area (Å²) in [4.78, 5) is 29.6. The zero-order chi connectivity index (χ0) is 18.7. The summed E-state index contributed by atoms with van der Waals surface area (Å²) in [5.41, 5.74) is 1.48. The number of rotatable bonds is 5. The van der Waals surface area contributed by atoms with E-state index in [9.17, 15) is 14.9 Å². The van der Waals surface area contributed by atoms with Gasteiger partial charge in [0.25, 0.3) is 5.43 Å². The van der Waals surface area contributed by atoms with E-state index in [-0.39, 0.29) is 5.56 Å². The summed E-state index contributed by atoms with van der Waals surface area (Å²) >= 11 is 0. The predicted molar refractivity (Wildman–Crippen MR) is 99.3 cm³/mol. The van der Waals surface area contributed by atoms with Gasteiger partial charge in [0.2, 0.25) is 0 Å². The van der Waals surface area contributed by atoms with E-state index in [4.69, 9.17) is 5.41 Å². The summed E-state index contributed by atoms with van der Waals surface area (Å²) in [6.07, 6.45) is 3.66. The number of pyridine rings is 2. The molecule has 8 nitrogen and oxygen atoms in total. The molecule has 130 valence electrons. The lowest BCUT2D eigenvalue weighted by molar-refractivity contribution is -0.386. The normalized spacial score (nSPS) is 10.3. The number of H-pyrrole nitrogens is 1. The van der Waals surface area contributed by atoms with E-state index < -0.39 is 16.0 Å². The Hall–Kier alpha value is -3.81. The largest absolute Gasteiger partial charge is 0.361 e. The van der Waals surface area contributed by atoms with Crippen molar-refractivity contribution in [2.75, 3.05) is 5.32 Å². The highest BCUT2D eigenvalue weighted by molar-refractivity contribution is 5.89. The number of nitrogens with zero attached hydrogens (tertiary/aromatic N) is 2. The highest BCUT2D eigenvalue weighted by atomic mass is 16.6. The van der Waals surface area contributed by atoms with Crippen LogP contribution >= 0.6 is 0 Å². The Bertz CT molecular complexity index is 1060. The SMILES string of the molecule is Cc1cccc(Nc2cc(-c3c[nH]cc([N+](=O)[O-])c3=O)ccc2C=N)n1. The Morgan fingerprint density at radius 1 is 1.27 bits per heavy atom. The second kappa shape index (κ2) is 6.98. The minimum absolute atomic E-state index is 0.177. The van der Waals surface area contributed by atoms with E-state index >= 15 is 0 Å². The molecule has 0 radical (unpaired) electrons. The predicted octanol–water partition coefficient (Wildman–Crippen LogP) is 3.39. The van der Waals surface area contributed by atoms with Gasteiger partial charge in [-0.2, -0.15) is 0 Å². The first-order valence-corrected chi connectivity index (χ1v) is 7.70. The average Bonchev–Trinajstić information content (AvgIpc) is 2.61. The summed E-state index contributed by atoms with van der Waals surface area (Å²) in [6, 6.07) is 10.5. The minimum atomic E-state index is -0.718.